The molecule has 10 rings (SSSR count). The number of furan rings is 1. The van der Waals surface area contributed by atoms with Crippen molar-refractivity contribution in [2.75, 3.05) is 4.90 Å². The lowest BCUT2D eigenvalue weighted by atomic mass is 10.0. The first-order chi connectivity index (χ1) is 23.3. The van der Waals surface area contributed by atoms with E-state index in [1.807, 2.05) is 6.07 Å². The molecule has 0 fully saturated rings. The predicted octanol–water partition coefficient (Wildman–Crippen LogP) is 12.5. The third-order valence-electron chi connectivity index (χ3n) is 9.54. The lowest BCUT2D eigenvalue weighted by Gasteiger charge is -2.29. The fourth-order valence-electron chi connectivity index (χ4n) is 7.50. The van der Waals surface area contributed by atoms with Crippen LogP contribution < -0.4 is 4.90 Å². The number of nitrogens with zero attached hydrogens (tertiary/aromatic N) is 2. The van der Waals surface area contributed by atoms with Crippen molar-refractivity contribution in [1.29, 1.82) is 0 Å². The van der Waals surface area contributed by atoms with E-state index in [2.05, 4.69) is 173 Å². The molecule has 0 aliphatic heterocycles. The Kier molecular flexibility index (Phi) is 5.57. The van der Waals surface area contributed by atoms with Crippen molar-refractivity contribution in [3.8, 4) is 5.69 Å². The number of rotatable bonds is 4. The van der Waals surface area contributed by atoms with Crippen molar-refractivity contribution >= 4 is 82.4 Å². The van der Waals surface area contributed by atoms with Gasteiger partial charge in [0.1, 0.15) is 11.2 Å². The molecule has 3 nitrogen and oxygen atoms in total. The SMILES string of the molecule is c1cc(N(c2cccc3ccccc23)c2cc3c4ccccc4oc3c3ccccc23)cc(-n2c3ccccc3c3ccccc32)c1. The minimum atomic E-state index is 0.898. The molecule has 0 bridgehead atoms. The van der Waals surface area contributed by atoms with E-state index in [-0.39, 0.29) is 0 Å². The van der Waals surface area contributed by atoms with Crippen molar-refractivity contribution < 1.29 is 4.42 Å². The lowest BCUT2D eigenvalue weighted by Crippen LogP contribution is -2.11. The molecule has 10 aromatic rings. The summed E-state index contributed by atoms with van der Waals surface area (Å²) in [5, 5.41) is 9.36. The molecule has 0 unspecified atom stereocenters. The van der Waals surface area contributed by atoms with Crippen LogP contribution in [0.2, 0.25) is 0 Å². The van der Waals surface area contributed by atoms with Crippen LogP contribution in [0, 0.1) is 0 Å². The Morgan fingerprint density at radius 2 is 1.00 bits per heavy atom. The molecule has 47 heavy (non-hydrogen) atoms. The van der Waals surface area contributed by atoms with Gasteiger partial charge < -0.3 is 13.9 Å². The van der Waals surface area contributed by atoms with Gasteiger partial charge in [-0.1, -0.05) is 121 Å². The molecule has 0 spiro atoms. The number of benzene rings is 8. The summed E-state index contributed by atoms with van der Waals surface area (Å²) in [6.07, 6.45) is 0. The lowest BCUT2D eigenvalue weighted by molar-refractivity contribution is 0.672. The maximum absolute atomic E-state index is 6.51. The van der Waals surface area contributed by atoms with E-state index in [0.29, 0.717) is 0 Å². The average Bonchev–Trinajstić information content (AvgIpc) is 3.68. The van der Waals surface area contributed by atoms with Gasteiger partial charge in [0.15, 0.2) is 0 Å². The zero-order valence-corrected chi connectivity index (χ0v) is 25.5. The largest absolute Gasteiger partial charge is 0.455 e. The third kappa shape index (κ3) is 3.87. The van der Waals surface area contributed by atoms with Crippen LogP contribution >= 0.6 is 0 Å². The maximum Gasteiger partial charge on any atom is 0.143 e. The Labute approximate surface area is 271 Å². The fraction of sp³-hybridized carbons (Fsp3) is 0. The van der Waals surface area contributed by atoms with E-state index >= 15 is 0 Å². The summed E-state index contributed by atoms with van der Waals surface area (Å²) < 4.78 is 8.90. The van der Waals surface area contributed by atoms with Gasteiger partial charge in [-0.15, -0.1) is 0 Å². The van der Waals surface area contributed by atoms with E-state index in [4.69, 9.17) is 4.42 Å². The Balaban J connectivity index is 1.31. The van der Waals surface area contributed by atoms with Crippen LogP contribution in [0.1, 0.15) is 0 Å². The van der Waals surface area contributed by atoms with E-state index < -0.39 is 0 Å². The molecule has 3 heteroatoms. The maximum atomic E-state index is 6.51. The highest BCUT2D eigenvalue weighted by atomic mass is 16.3. The molecule has 220 valence electrons. The molecule has 0 atom stereocenters. The summed E-state index contributed by atoms with van der Waals surface area (Å²) in [4.78, 5) is 2.43. The predicted molar refractivity (Wildman–Crippen MR) is 198 cm³/mol. The highest BCUT2D eigenvalue weighted by Gasteiger charge is 2.22. The molecular weight excluding hydrogens is 572 g/mol. The van der Waals surface area contributed by atoms with Gasteiger partial charge in [0.05, 0.1) is 22.4 Å². The fourth-order valence-corrected chi connectivity index (χ4v) is 7.50. The van der Waals surface area contributed by atoms with Crippen molar-refractivity contribution in [2.45, 2.75) is 0 Å². The van der Waals surface area contributed by atoms with E-state index in [1.165, 1.54) is 32.6 Å². The zero-order valence-electron chi connectivity index (χ0n) is 25.5. The van der Waals surface area contributed by atoms with Gasteiger partial charge in [-0.2, -0.15) is 0 Å². The Morgan fingerprint density at radius 1 is 0.404 bits per heavy atom. The number of para-hydroxylation sites is 3. The Hall–Kier alpha value is -6.32. The van der Waals surface area contributed by atoms with Crippen LogP contribution in [0.3, 0.4) is 0 Å². The zero-order chi connectivity index (χ0) is 30.9. The van der Waals surface area contributed by atoms with Gasteiger partial charge in [0, 0.05) is 49.1 Å². The topological polar surface area (TPSA) is 21.3 Å². The third-order valence-corrected chi connectivity index (χ3v) is 9.54. The Bertz CT molecular complexity index is 2760. The summed E-state index contributed by atoms with van der Waals surface area (Å²) in [7, 11) is 0. The first-order valence-corrected chi connectivity index (χ1v) is 16.0. The van der Waals surface area contributed by atoms with Crippen molar-refractivity contribution in [1.82, 2.24) is 4.57 Å². The highest BCUT2D eigenvalue weighted by molar-refractivity contribution is 6.20. The summed E-state index contributed by atoms with van der Waals surface area (Å²) in [6.45, 7) is 0. The quantitative estimate of drug-likeness (QED) is 0.200. The smallest absolute Gasteiger partial charge is 0.143 e. The number of aromatic nitrogens is 1. The van der Waals surface area contributed by atoms with Gasteiger partial charge in [-0.3, -0.25) is 0 Å². The molecule has 2 aromatic heterocycles. The molecule has 0 amide bonds. The second-order valence-electron chi connectivity index (χ2n) is 12.1. The van der Waals surface area contributed by atoms with E-state index in [1.54, 1.807) is 0 Å². The molecule has 0 radical (unpaired) electrons. The minimum absolute atomic E-state index is 0.898. The monoisotopic (exact) mass is 600 g/mol. The molecule has 0 aliphatic carbocycles. The van der Waals surface area contributed by atoms with Gasteiger partial charge in [-0.25, -0.2) is 0 Å². The van der Waals surface area contributed by atoms with Gasteiger partial charge in [0.2, 0.25) is 0 Å². The summed E-state index contributed by atoms with van der Waals surface area (Å²) in [5.41, 5.74) is 8.63. The molecule has 0 aliphatic rings. The first-order valence-electron chi connectivity index (χ1n) is 16.0. The minimum Gasteiger partial charge on any atom is -0.455 e. The second kappa shape index (κ2) is 10.1. The van der Waals surface area contributed by atoms with Gasteiger partial charge in [0.25, 0.3) is 0 Å². The summed E-state index contributed by atoms with van der Waals surface area (Å²) in [5.74, 6) is 0. The Morgan fingerprint density at radius 3 is 1.79 bits per heavy atom. The molecule has 8 aromatic carbocycles. The molecule has 0 saturated carbocycles. The normalized spacial score (nSPS) is 11.8. The second-order valence-corrected chi connectivity index (χ2v) is 12.1. The van der Waals surface area contributed by atoms with E-state index in [9.17, 15) is 0 Å². The number of fused-ring (bicyclic) bond motifs is 9. The van der Waals surface area contributed by atoms with Crippen molar-refractivity contribution in [3.63, 3.8) is 0 Å². The average molecular weight is 601 g/mol. The van der Waals surface area contributed by atoms with Crippen molar-refractivity contribution in [3.05, 3.63) is 170 Å². The van der Waals surface area contributed by atoms with Crippen LogP contribution in [0.5, 0.6) is 0 Å². The van der Waals surface area contributed by atoms with Crippen molar-refractivity contribution in [2.24, 2.45) is 0 Å². The number of anilines is 3. The van der Waals surface area contributed by atoms with Gasteiger partial charge in [-0.05, 0) is 53.9 Å². The van der Waals surface area contributed by atoms with Gasteiger partial charge >= 0.3 is 0 Å². The molecular formula is C44H28N2O. The standard InChI is InChI=1S/C44H28N2O/c1-2-17-32-29(13-1)14-11-25-39(32)46(42-28-38-36-21-7-10-26-43(36)47-44(38)37-22-4-3-20-35(37)42)31-16-12-15-30(27-31)45-40-23-8-5-18-33(40)34-19-6-9-24-41(34)45/h1-28H. The summed E-state index contributed by atoms with van der Waals surface area (Å²) in [6, 6.07) is 60.8. The first kappa shape index (κ1) is 26.0. The molecule has 0 N–H and O–H groups in total. The molecule has 2 heterocycles. The van der Waals surface area contributed by atoms with Crippen LogP contribution in [-0.2, 0) is 0 Å². The molecule has 0 saturated heterocycles. The van der Waals surface area contributed by atoms with Crippen LogP contribution in [0.25, 0.3) is 71.0 Å². The number of hydrogen-bond acceptors (Lipinski definition) is 2. The summed E-state index contributed by atoms with van der Waals surface area (Å²) >= 11 is 0. The van der Waals surface area contributed by atoms with Crippen LogP contribution in [0.4, 0.5) is 17.1 Å². The van der Waals surface area contributed by atoms with Crippen LogP contribution in [0.15, 0.2) is 174 Å². The van der Waals surface area contributed by atoms with E-state index in [0.717, 1.165) is 55.5 Å². The number of hydrogen-bond donors (Lipinski definition) is 0. The van der Waals surface area contributed by atoms with Crippen LogP contribution in [-0.4, -0.2) is 4.57 Å². The highest BCUT2D eigenvalue weighted by Crippen LogP contribution is 2.46.